The Balaban J connectivity index is 1.93. The van der Waals surface area contributed by atoms with E-state index >= 15 is 0 Å². The normalized spacial score (nSPS) is 20.1. The van der Waals surface area contributed by atoms with Gasteiger partial charge >= 0.3 is 5.97 Å². The van der Waals surface area contributed by atoms with Gasteiger partial charge in [-0.15, -0.1) is 0 Å². The van der Waals surface area contributed by atoms with Gasteiger partial charge in [0.15, 0.2) is 5.69 Å². The number of carbonyl (C=O) groups is 1. The lowest BCUT2D eigenvalue weighted by molar-refractivity contribution is -0.103. The Hall–Kier alpha value is -1.45. The Labute approximate surface area is 109 Å². The van der Waals surface area contributed by atoms with E-state index in [0.29, 0.717) is 18.9 Å². The summed E-state index contributed by atoms with van der Waals surface area (Å²) in [4.78, 5) is 11.7. The van der Waals surface area contributed by atoms with Crippen molar-refractivity contribution in [2.24, 2.45) is 5.14 Å². The standard InChI is InChI=1S/C10H13N3O5S/c11-19(15,16)9-7(5-1-2-5)12-13-8(9)10(14)18-6-3-17-4-6/h5-6H,1-4H2,(H,12,13)(H2,11,15,16). The number of carbonyl (C=O) groups excluding carboxylic acids is 1. The van der Waals surface area contributed by atoms with Gasteiger partial charge in [-0.1, -0.05) is 0 Å². The fraction of sp³-hybridized carbons (Fsp3) is 0.600. The zero-order valence-corrected chi connectivity index (χ0v) is 10.8. The number of aromatic nitrogens is 2. The summed E-state index contributed by atoms with van der Waals surface area (Å²) in [6.45, 7) is 0.632. The van der Waals surface area contributed by atoms with E-state index in [9.17, 15) is 13.2 Å². The number of H-pyrrole nitrogens is 1. The fourth-order valence-electron chi connectivity index (χ4n) is 1.91. The van der Waals surface area contributed by atoms with Crippen LogP contribution in [0.25, 0.3) is 0 Å². The maximum atomic E-state index is 11.9. The van der Waals surface area contributed by atoms with Crippen LogP contribution in [0.15, 0.2) is 4.90 Å². The lowest BCUT2D eigenvalue weighted by Gasteiger charge is -2.25. The highest BCUT2D eigenvalue weighted by Crippen LogP contribution is 2.42. The first-order chi connectivity index (χ1) is 8.97. The maximum Gasteiger partial charge on any atom is 0.360 e. The molecule has 0 atom stereocenters. The molecule has 0 unspecified atom stereocenters. The molecule has 1 saturated carbocycles. The molecular formula is C10H13N3O5S. The number of nitrogens with zero attached hydrogens (tertiary/aromatic N) is 1. The van der Waals surface area contributed by atoms with E-state index in [2.05, 4.69) is 10.2 Å². The molecule has 19 heavy (non-hydrogen) atoms. The van der Waals surface area contributed by atoms with E-state index in [0.717, 1.165) is 12.8 Å². The minimum atomic E-state index is -4.02. The molecule has 2 fully saturated rings. The Bertz CT molecular complexity index is 615. The van der Waals surface area contributed by atoms with Crippen LogP contribution in [0.4, 0.5) is 0 Å². The van der Waals surface area contributed by atoms with Crippen molar-refractivity contribution in [3.8, 4) is 0 Å². The number of esters is 1. The molecule has 8 nitrogen and oxygen atoms in total. The second-order valence-corrected chi connectivity index (χ2v) is 6.20. The average molecular weight is 287 g/mol. The molecule has 104 valence electrons. The Morgan fingerprint density at radius 2 is 2.11 bits per heavy atom. The zero-order chi connectivity index (χ0) is 13.6. The molecular weight excluding hydrogens is 274 g/mol. The SMILES string of the molecule is NS(=O)(=O)c1c(C(=O)OC2COC2)n[nH]c1C1CC1. The molecule has 1 aromatic heterocycles. The molecule has 9 heteroatoms. The maximum absolute atomic E-state index is 11.9. The van der Waals surface area contributed by atoms with Crippen LogP contribution in [0, 0.1) is 0 Å². The van der Waals surface area contributed by atoms with Crippen molar-refractivity contribution < 1.29 is 22.7 Å². The van der Waals surface area contributed by atoms with Crippen LogP contribution in [0.5, 0.6) is 0 Å². The smallest absolute Gasteiger partial charge is 0.360 e. The molecule has 1 aliphatic carbocycles. The lowest BCUT2D eigenvalue weighted by Crippen LogP contribution is -2.38. The van der Waals surface area contributed by atoms with Gasteiger partial charge in [0, 0.05) is 5.92 Å². The number of sulfonamides is 1. The molecule has 3 N–H and O–H groups in total. The van der Waals surface area contributed by atoms with E-state index < -0.39 is 16.0 Å². The highest BCUT2D eigenvalue weighted by molar-refractivity contribution is 7.89. The summed E-state index contributed by atoms with van der Waals surface area (Å²) in [7, 11) is -4.02. The predicted molar refractivity (Wildman–Crippen MR) is 62.0 cm³/mol. The minimum absolute atomic E-state index is 0.0782. The van der Waals surface area contributed by atoms with Crippen LogP contribution < -0.4 is 5.14 Å². The molecule has 1 aromatic rings. The molecule has 2 aliphatic rings. The van der Waals surface area contributed by atoms with Crippen molar-refractivity contribution in [2.45, 2.75) is 29.8 Å². The van der Waals surface area contributed by atoms with Gasteiger partial charge in [0.25, 0.3) is 0 Å². The quantitative estimate of drug-likeness (QED) is 0.719. The van der Waals surface area contributed by atoms with Crippen LogP contribution >= 0.6 is 0 Å². The van der Waals surface area contributed by atoms with Crippen molar-refractivity contribution in [3.05, 3.63) is 11.4 Å². The van der Waals surface area contributed by atoms with Gasteiger partial charge in [0.05, 0.1) is 18.9 Å². The number of ether oxygens (including phenoxy) is 2. The first-order valence-corrected chi connectivity index (χ1v) is 7.41. The van der Waals surface area contributed by atoms with Crippen LogP contribution in [0.3, 0.4) is 0 Å². The average Bonchev–Trinajstić information content (AvgIpc) is 3.00. The van der Waals surface area contributed by atoms with Crippen molar-refractivity contribution in [2.75, 3.05) is 13.2 Å². The predicted octanol–water partition coefficient (Wildman–Crippen LogP) is -0.510. The summed E-state index contributed by atoms with van der Waals surface area (Å²) < 4.78 is 33.2. The lowest BCUT2D eigenvalue weighted by atomic mass is 10.2. The fourth-order valence-corrected chi connectivity index (χ4v) is 2.83. The molecule has 3 rings (SSSR count). The minimum Gasteiger partial charge on any atom is -0.453 e. The number of hydrogen-bond donors (Lipinski definition) is 2. The van der Waals surface area contributed by atoms with Gasteiger partial charge in [0.1, 0.15) is 11.0 Å². The third kappa shape index (κ3) is 2.36. The number of primary sulfonamides is 1. The summed E-state index contributed by atoms with van der Waals surface area (Å²) in [5, 5.41) is 11.5. The van der Waals surface area contributed by atoms with Gasteiger partial charge in [-0.05, 0) is 12.8 Å². The third-order valence-corrected chi connectivity index (χ3v) is 4.07. The molecule has 0 aromatic carbocycles. The number of rotatable bonds is 4. The van der Waals surface area contributed by atoms with Crippen LogP contribution in [0.2, 0.25) is 0 Å². The van der Waals surface area contributed by atoms with Gasteiger partial charge in [-0.2, -0.15) is 5.10 Å². The Morgan fingerprint density at radius 1 is 1.42 bits per heavy atom. The van der Waals surface area contributed by atoms with Gasteiger partial charge in [0.2, 0.25) is 10.0 Å². The first-order valence-electron chi connectivity index (χ1n) is 5.86. The number of hydrogen-bond acceptors (Lipinski definition) is 6. The molecule has 0 amide bonds. The van der Waals surface area contributed by atoms with Crippen molar-refractivity contribution in [1.82, 2.24) is 10.2 Å². The van der Waals surface area contributed by atoms with Crippen LogP contribution in [-0.4, -0.2) is 43.9 Å². The topological polar surface area (TPSA) is 124 Å². The molecule has 1 saturated heterocycles. The van der Waals surface area contributed by atoms with Gasteiger partial charge in [-0.25, -0.2) is 18.4 Å². The largest absolute Gasteiger partial charge is 0.453 e. The number of aromatic amines is 1. The van der Waals surface area contributed by atoms with E-state index in [1.54, 1.807) is 0 Å². The zero-order valence-electron chi connectivity index (χ0n) is 9.96. The van der Waals surface area contributed by atoms with Crippen molar-refractivity contribution in [1.29, 1.82) is 0 Å². The van der Waals surface area contributed by atoms with Crippen LogP contribution in [0.1, 0.15) is 34.9 Å². The van der Waals surface area contributed by atoms with E-state index in [1.807, 2.05) is 0 Å². The highest BCUT2D eigenvalue weighted by atomic mass is 32.2. The third-order valence-electron chi connectivity index (χ3n) is 3.09. The first kappa shape index (κ1) is 12.6. The van der Waals surface area contributed by atoms with E-state index in [4.69, 9.17) is 14.6 Å². The monoisotopic (exact) mass is 287 g/mol. The summed E-state index contributed by atoms with van der Waals surface area (Å²) in [6.07, 6.45) is 1.37. The van der Waals surface area contributed by atoms with E-state index in [-0.39, 0.29) is 22.6 Å². The van der Waals surface area contributed by atoms with Crippen LogP contribution in [-0.2, 0) is 19.5 Å². The number of nitrogens with two attached hydrogens (primary N) is 1. The molecule has 0 bridgehead atoms. The summed E-state index contributed by atoms with van der Waals surface area (Å²) in [5.74, 6) is -0.713. The Kier molecular flexibility index (Phi) is 2.84. The Morgan fingerprint density at radius 3 is 2.58 bits per heavy atom. The molecule has 0 spiro atoms. The van der Waals surface area contributed by atoms with Crippen molar-refractivity contribution in [3.63, 3.8) is 0 Å². The molecule has 0 radical (unpaired) electrons. The summed E-state index contributed by atoms with van der Waals surface area (Å²) in [5.41, 5.74) is 0.135. The highest BCUT2D eigenvalue weighted by Gasteiger charge is 2.37. The van der Waals surface area contributed by atoms with Gasteiger partial charge < -0.3 is 9.47 Å². The molecule has 2 heterocycles. The van der Waals surface area contributed by atoms with E-state index in [1.165, 1.54) is 0 Å². The second-order valence-electron chi connectivity index (χ2n) is 4.70. The molecule has 1 aliphatic heterocycles. The second kappa shape index (κ2) is 4.29. The van der Waals surface area contributed by atoms with Gasteiger partial charge in [-0.3, -0.25) is 5.10 Å². The summed E-state index contributed by atoms with van der Waals surface area (Å²) >= 11 is 0. The summed E-state index contributed by atoms with van der Waals surface area (Å²) in [6, 6.07) is 0. The number of nitrogens with one attached hydrogen (secondary N) is 1. The van der Waals surface area contributed by atoms with Crippen molar-refractivity contribution >= 4 is 16.0 Å².